The van der Waals surface area contributed by atoms with Gasteiger partial charge >= 0.3 is 0 Å². The highest BCUT2D eigenvalue weighted by molar-refractivity contribution is 7.15. The number of benzene rings is 1. The van der Waals surface area contributed by atoms with Crippen molar-refractivity contribution in [3.8, 4) is 10.4 Å². The quantitative estimate of drug-likeness (QED) is 0.847. The molecule has 0 N–H and O–H groups in total. The molecule has 0 spiro atoms. The summed E-state index contributed by atoms with van der Waals surface area (Å²) in [5.41, 5.74) is 1.29. The number of carbonyl (C=O) groups is 1. The van der Waals surface area contributed by atoms with Crippen molar-refractivity contribution in [2.75, 3.05) is 26.2 Å². The summed E-state index contributed by atoms with van der Waals surface area (Å²) in [6, 6.07) is 15.0. The van der Waals surface area contributed by atoms with Gasteiger partial charge in [-0.25, -0.2) is 0 Å². The van der Waals surface area contributed by atoms with Crippen LogP contribution in [0.15, 0.2) is 42.5 Å². The van der Waals surface area contributed by atoms with E-state index in [1.165, 1.54) is 15.3 Å². The molecule has 126 valence electrons. The highest BCUT2D eigenvalue weighted by atomic mass is 32.1. The molecule has 0 unspecified atom stereocenters. The van der Waals surface area contributed by atoms with Crippen molar-refractivity contribution in [3.05, 3.63) is 47.3 Å². The van der Waals surface area contributed by atoms with Gasteiger partial charge in [-0.05, 0) is 30.0 Å². The molecule has 2 aromatic rings. The highest BCUT2D eigenvalue weighted by Gasteiger charge is 2.41. The molecule has 0 bridgehead atoms. The van der Waals surface area contributed by atoms with Crippen LogP contribution in [0.1, 0.15) is 18.2 Å². The van der Waals surface area contributed by atoms with Crippen LogP contribution < -0.4 is 0 Å². The summed E-state index contributed by atoms with van der Waals surface area (Å²) < 4.78 is 0. The van der Waals surface area contributed by atoms with Gasteiger partial charge in [-0.2, -0.15) is 0 Å². The molecule has 4 heteroatoms. The summed E-state index contributed by atoms with van der Waals surface area (Å²) in [6.45, 7) is 6.94. The zero-order chi connectivity index (χ0) is 16.5. The SMILES string of the molecule is C[C@H]1C[C@@H]1C(=O)N1CCN(Cc2ccc(-c3ccccc3)s2)CC1. The Morgan fingerprint density at radius 2 is 1.79 bits per heavy atom. The fraction of sp³-hybridized carbons (Fsp3) is 0.450. The molecule has 3 nitrogen and oxygen atoms in total. The molecule has 24 heavy (non-hydrogen) atoms. The standard InChI is InChI=1S/C20H24N2OS/c1-15-13-18(15)20(23)22-11-9-21(10-12-22)14-17-7-8-19(24-17)16-5-3-2-4-6-16/h2-8,15,18H,9-14H2,1H3/t15-,18-/m0/s1. The van der Waals surface area contributed by atoms with Crippen LogP contribution in [0.2, 0.25) is 0 Å². The molecule has 1 aliphatic carbocycles. The lowest BCUT2D eigenvalue weighted by atomic mass is 10.2. The van der Waals surface area contributed by atoms with Gasteiger partial charge in [0, 0.05) is 48.4 Å². The predicted molar refractivity (Wildman–Crippen MR) is 98.9 cm³/mol. The average Bonchev–Trinajstić information content (AvgIpc) is 3.17. The minimum absolute atomic E-state index is 0.322. The van der Waals surface area contributed by atoms with Gasteiger partial charge in [0.05, 0.1) is 0 Å². The lowest BCUT2D eigenvalue weighted by molar-refractivity contribution is -0.134. The zero-order valence-electron chi connectivity index (χ0n) is 14.1. The number of hydrogen-bond donors (Lipinski definition) is 0. The molecule has 2 heterocycles. The van der Waals surface area contributed by atoms with Gasteiger partial charge in [-0.15, -0.1) is 11.3 Å². The van der Waals surface area contributed by atoms with Crippen LogP contribution in [0.5, 0.6) is 0 Å². The van der Waals surface area contributed by atoms with E-state index in [1.54, 1.807) is 0 Å². The van der Waals surface area contributed by atoms with E-state index >= 15 is 0 Å². The molecule has 0 radical (unpaired) electrons. The zero-order valence-corrected chi connectivity index (χ0v) is 15.0. The highest BCUT2D eigenvalue weighted by Crippen LogP contribution is 2.39. The molecular formula is C20H24N2OS. The molecule has 1 aliphatic heterocycles. The fourth-order valence-electron chi connectivity index (χ4n) is 3.47. The molecule has 2 fully saturated rings. The maximum Gasteiger partial charge on any atom is 0.226 e. The number of amides is 1. The second-order valence-corrected chi connectivity index (χ2v) is 8.22. The first-order valence-corrected chi connectivity index (χ1v) is 9.67. The molecule has 4 rings (SSSR count). The molecule has 1 saturated carbocycles. The lowest BCUT2D eigenvalue weighted by Crippen LogP contribution is -2.48. The van der Waals surface area contributed by atoms with Crippen LogP contribution in [-0.2, 0) is 11.3 Å². The van der Waals surface area contributed by atoms with Crippen LogP contribution in [0, 0.1) is 11.8 Å². The Hall–Kier alpha value is -1.65. The Morgan fingerprint density at radius 1 is 1.08 bits per heavy atom. The normalized spacial score (nSPS) is 24.1. The molecule has 1 aromatic heterocycles. The number of piperazine rings is 1. The third kappa shape index (κ3) is 3.40. The van der Waals surface area contributed by atoms with Gasteiger partial charge < -0.3 is 4.90 Å². The van der Waals surface area contributed by atoms with Crippen molar-refractivity contribution in [1.82, 2.24) is 9.80 Å². The monoisotopic (exact) mass is 340 g/mol. The minimum Gasteiger partial charge on any atom is -0.340 e. The largest absolute Gasteiger partial charge is 0.340 e. The summed E-state index contributed by atoms with van der Waals surface area (Å²) in [6.07, 6.45) is 1.09. The third-order valence-electron chi connectivity index (χ3n) is 5.21. The topological polar surface area (TPSA) is 23.6 Å². The van der Waals surface area contributed by atoms with E-state index in [2.05, 4.69) is 59.2 Å². The fourth-order valence-corrected chi connectivity index (χ4v) is 4.52. The lowest BCUT2D eigenvalue weighted by Gasteiger charge is -2.34. The van der Waals surface area contributed by atoms with Crippen molar-refractivity contribution in [1.29, 1.82) is 0 Å². The Bertz CT molecular complexity index is 703. The number of nitrogens with zero attached hydrogens (tertiary/aromatic N) is 2. The van der Waals surface area contributed by atoms with E-state index in [1.807, 2.05) is 11.3 Å². The molecule has 1 saturated heterocycles. The number of carbonyl (C=O) groups excluding carboxylic acids is 1. The second kappa shape index (κ2) is 6.69. The van der Waals surface area contributed by atoms with Crippen molar-refractivity contribution < 1.29 is 4.79 Å². The number of thiophene rings is 1. The van der Waals surface area contributed by atoms with Crippen LogP contribution in [0.4, 0.5) is 0 Å². The van der Waals surface area contributed by atoms with Gasteiger partial charge in [0.15, 0.2) is 0 Å². The summed E-state index contributed by atoms with van der Waals surface area (Å²) in [7, 11) is 0. The van der Waals surface area contributed by atoms with Gasteiger partial charge in [-0.1, -0.05) is 37.3 Å². The predicted octanol–water partition coefficient (Wildman–Crippen LogP) is 3.72. The van der Waals surface area contributed by atoms with E-state index in [0.717, 1.165) is 39.1 Å². The van der Waals surface area contributed by atoms with Crippen molar-refractivity contribution in [3.63, 3.8) is 0 Å². The van der Waals surface area contributed by atoms with Crippen LogP contribution >= 0.6 is 11.3 Å². The van der Waals surface area contributed by atoms with Gasteiger partial charge in [0.2, 0.25) is 5.91 Å². The Labute approximate surface area is 147 Å². The van der Waals surface area contributed by atoms with Crippen LogP contribution in [0.25, 0.3) is 10.4 Å². The van der Waals surface area contributed by atoms with E-state index in [-0.39, 0.29) is 0 Å². The van der Waals surface area contributed by atoms with E-state index in [0.29, 0.717) is 17.7 Å². The molecule has 2 atom stereocenters. The molecular weight excluding hydrogens is 316 g/mol. The van der Waals surface area contributed by atoms with Gasteiger partial charge in [-0.3, -0.25) is 9.69 Å². The number of rotatable bonds is 4. The molecule has 1 aromatic carbocycles. The van der Waals surface area contributed by atoms with Crippen molar-refractivity contribution >= 4 is 17.2 Å². The summed E-state index contributed by atoms with van der Waals surface area (Å²) in [4.78, 5) is 19.6. The van der Waals surface area contributed by atoms with Crippen LogP contribution in [-0.4, -0.2) is 41.9 Å². The van der Waals surface area contributed by atoms with Gasteiger partial charge in [0.1, 0.15) is 0 Å². The molecule has 1 amide bonds. The maximum absolute atomic E-state index is 12.3. The number of hydrogen-bond acceptors (Lipinski definition) is 3. The van der Waals surface area contributed by atoms with E-state index in [9.17, 15) is 4.79 Å². The van der Waals surface area contributed by atoms with Crippen molar-refractivity contribution in [2.45, 2.75) is 19.9 Å². The molecule has 2 aliphatic rings. The first-order valence-electron chi connectivity index (χ1n) is 8.86. The van der Waals surface area contributed by atoms with Crippen LogP contribution in [0.3, 0.4) is 0 Å². The van der Waals surface area contributed by atoms with E-state index < -0.39 is 0 Å². The summed E-state index contributed by atoms with van der Waals surface area (Å²) in [5, 5.41) is 0. The summed E-state index contributed by atoms with van der Waals surface area (Å²) >= 11 is 1.88. The van der Waals surface area contributed by atoms with E-state index in [4.69, 9.17) is 0 Å². The maximum atomic E-state index is 12.3. The Morgan fingerprint density at radius 3 is 2.46 bits per heavy atom. The first kappa shape index (κ1) is 15.9. The van der Waals surface area contributed by atoms with Crippen molar-refractivity contribution in [2.24, 2.45) is 11.8 Å². The Balaban J connectivity index is 1.31. The third-order valence-corrected chi connectivity index (χ3v) is 6.33. The minimum atomic E-state index is 0.322. The summed E-state index contributed by atoms with van der Waals surface area (Å²) in [5.74, 6) is 1.32. The average molecular weight is 340 g/mol. The Kier molecular flexibility index (Phi) is 4.42. The van der Waals surface area contributed by atoms with Gasteiger partial charge in [0.25, 0.3) is 0 Å². The smallest absolute Gasteiger partial charge is 0.226 e. The first-order chi connectivity index (χ1) is 11.7. The second-order valence-electron chi connectivity index (χ2n) is 7.05.